The monoisotopic (exact) mass is 498 g/mol. The molecule has 0 fully saturated rings. The zero-order valence-corrected chi connectivity index (χ0v) is 17.9. The van der Waals surface area contributed by atoms with Crippen molar-refractivity contribution in [2.75, 3.05) is 0 Å². The highest BCUT2D eigenvalue weighted by Gasteiger charge is 2.62. The van der Waals surface area contributed by atoms with Crippen LogP contribution in [0.4, 0.5) is 26.3 Å². The third-order valence-electron chi connectivity index (χ3n) is 5.55. The predicted molar refractivity (Wildman–Crippen MR) is 111 cm³/mol. The van der Waals surface area contributed by atoms with Crippen molar-refractivity contribution in [2.24, 2.45) is 5.16 Å². The number of rotatable bonds is 4. The van der Waals surface area contributed by atoms with Gasteiger partial charge in [0, 0.05) is 48.0 Å². The molecule has 0 spiro atoms. The standard InChI is InChI=1S/C23H16F6N2O4/c1-12(32)30-11-13-5-6-16(17-7-8-19(33)34-20(13)17)18-10-21(35-31-18,23(27,28)29)14-3-2-4-15(9-14)22(24,25)26/h2-9H,10-11H2,1H3,(H,30,32). The third kappa shape index (κ3) is 4.47. The first-order valence-electron chi connectivity index (χ1n) is 10.1. The van der Waals surface area contributed by atoms with Crippen molar-refractivity contribution in [1.29, 1.82) is 0 Å². The van der Waals surface area contributed by atoms with Gasteiger partial charge < -0.3 is 14.6 Å². The van der Waals surface area contributed by atoms with Crippen molar-refractivity contribution in [2.45, 2.75) is 37.8 Å². The molecule has 1 aromatic heterocycles. The molecule has 0 radical (unpaired) electrons. The number of carbonyl (C=O) groups is 1. The fourth-order valence-electron chi connectivity index (χ4n) is 3.82. The maximum absolute atomic E-state index is 14.2. The Morgan fingerprint density at radius 2 is 1.83 bits per heavy atom. The van der Waals surface area contributed by atoms with E-state index in [0.717, 1.165) is 18.2 Å². The van der Waals surface area contributed by atoms with E-state index in [1.165, 1.54) is 25.1 Å². The highest BCUT2D eigenvalue weighted by molar-refractivity contribution is 6.11. The number of benzene rings is 2. The summed E-state index contributed by atoms with van der Waals surface area (Å²) in [6.45, 7) is 1.26. The van der Waals surface area contributed by atoms with Gasteiger partial charge in [-0.2, -0.15) is 26.3 Å². The van der Waals surface area contributed by atoms with Gasteiger partial charge >= 0.3 is 18.0 Å². The largest absolute Gasteiger partial charge is 0.435 e. The maximum atomic E-state index is 14.2. The fraction of sp³-hybridized carbons (Fsp3) is 0.261. The van der Waals surface area contributed by atoms with Crippen molar-refractivity contribution in [1.82, 2.24) is 5.32 Å². The Kier molecular flexibility index (Phi) is 5.86. The van der Waals surface area contributed by atoms with Crippen molar-refractivity contribution in [3.8, 4) is 0 Å². The van der Waals surface area contributed by atoms with Crippen LogP contribution in [-0.2, 0) is 28.0 Å². The molecule has 1 N–H and O–H groups in total. The Balaban J connectivity index is 1.79. The Bertz CT molecular complexity index is 1390. The molecule has 1 aliphatic rings. The van der Waals surface area contributed by atoms with E-state index in [1.807, 2.05) is 0 Å². The SMILES string of the molecule is CC(=O)NCc1ccc(C2=NOC(c3cccc(C(F)(F)F)c3)(C(F)(F)F)C2)c2ccc(=O)oc12. The molecule has 0 saturated heterocycles. The Morgan fingerprint density at radius 1 is 1.09 bits per heavy atom. The summed E-state index contributed by atoms with van der Waals surface area (Å²) in [5, 5.41) is 6.35. The molecule has 12 heteroatoms. The molecule has 0 bridgehead atoms. The zero-order valence-electron chi connectivity index (χ0n) is 17.9. The molecular formula is C23H16F6N2O4. The van der Waals surface area contributed by atoms with Crippen molar-refractivity contribution < 1.29 is 40.4 Å². The number of carbonyl (C=O) groups excluding carboxylic acids is 1. The molecule has 1 amide bonds. The molecule has 6 nitrogen and oxygen atoms in total. The molecule has 0 saturated carbocycles. The second kappa shape index (κ2) is 8.43. The summed E-state index contributed by atoms with van der Waals surface area (Å²) in [6.07, 6.45) is -10.9. The van der Waals surface area contributed by atoms with E-state index in [0.29, 0.717) is 17.7 Å². The van der Waals surface area contributed by atoms with Crippen LogP contribution in [0.5, 0.6) is 0 Å². The van der Waals surface area contributed by atoms with Gasteiger partial charge in [-0.05, 0) is 18.2 Å². The van der Waals surface area contributed by atoms with Gasteiger partial charge in [0.2, 0.25) is 5.91 Å². The number of halogens is 6. The van der Waals surface area contributed by atoms with Crippen LogP contribution in [0.1, 0.15) is 35.6 Å². The number of alkyl halides is 6. The van der Waals surface area contributed by atoms with Gasteiger partial charge in [-0.25, -0.2) is 4.79 Å². The minimum Gasteiger partial charge on any atom is -0.422 e. The summed E-state index contributed by atoms with van der Waals surface area (Å²) in [5.41, 5.74) is -5.55. The number of nitrogens with one attached hydrogen (secondary N) is 1. The van der Waals surface area contributed by atoms with E-state index >= 15 is 0 Å². The smallest absolute Gasteiger partial charge is 0.422 e. The minimum absolute atomic E-state index is 0.0151. The van der Waals surface area contributed by atoms with Gasteiger partial charge in [-0.3, -0.25) is 4.79 Å². The third-order valence-corrected chi connectivity index (χ3v) is 5.55. The molecule has 2 aromatic carbocycles. The second-order valence-electron chi connectivity index (χ2n) is 7.89. The predicted octanol–water partition coefficient (Wildman–Crippen LogP) is 5.03. The summed E-state index contributed by atoms with van der Waals surface area (Å²) in [7, 11) is 0. The normalized spacial score (nSPS) is 18.3. The first-order chi connectivity index (χ1) is 16.3. The summed E-state index contributed by atoms with van der Waals surface area (Å²) in [6, 6.07) is 8.07. The molecule has 2 heterocycles. The Morgan fingerprint density at radius 3 is 2.49 bits per heavy atom. The topological polar surface area (TPSA) is 80.9 Å². The average Bonchev–Trinajstić information content (AvgIpc) is 3.23. The van der Waals surface area contributed by atoms with Crippen LogP contribution in [0.15, 0.2) is 62.9 Å². The number of amides is 1. The molecule has 3 aromatic rings. The van der Waals surface area contributed by atoms with E-state index in [-0.39, 0.29) is 34.7 Å². The van der Waals surface area contributed by atoms with Crippen LogP contribution < -0.4 is 10.9 Å². The molecule has 4 rings (SSSR count). The van der Waals surface area contributed by atoms with Crippen LogP contribution in [0.25, 0.3) is 11.0 Å². The lowest BCUT2D eigenvalue weighted by atomic mass is 9.85. The summed E-state index contributed by atoms with van der Waals surface area (Å²) >= 11 is 0. The Hall–Kier alpha value is -3.83. The number of nitrogens with zero attached hydrogens (tertiary/aromatic N) is 1. The lowest BCUT2D eigenvalue weighted by molar-refractivity contribution is -0.276. The zero-order chi connectivity index (χ0) is 25.6. The van der Waals surface area contributed by atoms with E-state index in [2.05, 4.69) is 10.5 Å². The number of oxime groups is 1. The van der Waals surface area contributed by atoms with E-state index < -0.39 is 41.1 Å². The number of hydrogen-bond acceptors (Lipinski definition) is 5. The van der Waals surface area contributed by atoms with Crippen molar-refractivity contribution >= 4 is 22.6 Å². The quantitative estimate of drug-likeness (QED) is 0.404. The minimum atomic E-state index is -5.11. The van der Waals surface area contributed by atoms with Gasteiger partial charge in [-0.15, -0.1) is 0 Å². The first-order valence-corrected chi connectivity index (χ1v) is 10.1. The summed E-state index contributed by atoms with van der Waals surface area (Å²) < 4.78 is 87.5. The molecular weight excluding hydrogens is 482 g/mol. The number of fused-ring (bicyclic) bond motifs is 1. The molecule has 1 unspecified atom stereocenters. The van der Waals surface area contributed by atoms with Crippen LogP contribution in [0, 0.1) is 0 Å². The van der Waals surface area contributed by atoms with Crippen LogP contribution >= 0.6 is 0 Å². The molecule has 0 aliphatic carbocycles. The van der Waals surface area contributed by atoms with Gasteiger partial charge in [0.15, 0.2) is 0 Å². The first kappa shape index (κ1) is 24.3. The van der Waals surface area contributed by atoms with Gasteiger partial charge in [0.05, 0.1) is 11.3 Å². The number of hydrogen-bond donors (Lipinski definition) is 1. The lowest BCUT2D eigenvalue weighted by Crippen LogP contribution is -2.42. The maximum Gasteiger partial charge on any atom is 0.435 e. The molecule has 35 heavy (non-hydrogen) atoms. The molecule has 184 valence electrons. The summed E-state index contributed by atoms with van der Waals surface area (Å²) in [4.78, 5) is 27.9. The van der Waals surface area contributed by atoms with Crippen molar-refractivity contribution in [3.05, 3.63) is 81.2 Å². The van der Waals surface area contributed by atoms with E-state index in [9.17, 15) is 35.9 Å². The molecule has 1 atom stereocenters. The fourth-order valence-corrected chi connectivity index (χ4v) is 3.82. The van der Waals surface area contributed by atoms with E-state index in [4.69, 9.17) is 9.25 Å². The highest BCUT2D eigenvalue weighted by Crippen LogP contribution is 2.50. The lowest BCUT2D eigenvalue weighted by Gasteiger charge is -2.30. The van der Waals surface area contributed by atoms with Crippen LogP contribution in [0.3, 0.4) is 0 Å². The van der Waals surface area contributed by atoms with Crippen LogP contribution in [-0.4, -0.2) is 17.8 Å². The molecule has 1 aliphatic heterocycles. The summed E-state index contributed by atoms with van der Waals surface area (Å²) in [5.74, 6) is -0.356. The second-order valence-corrected chi connectivity index (χ2v) is 7.89. The van der Waals surface area contributed by atoms with Crippen LogP contribution in [0.2, 0.25) is 0 Å². The van der Waals surface area contributed by atoms with Gasteiger partial charge in [-0.1, -0.05) is 29.4 Å². The van der Waals surface area contributed by atoms with Gasteiger partial charge in [0.1, 0.15) is 5.58 Å². The Labute approximate surface area is 193 Å². The van der Waals surface area contributed by atoms with Crippen molar-refractivity contribution in [3.63, 3.8) is 0 Å². The van der Waals surface area contributed by atoms with Gasteiger partial charge in [0.25, 0.3) is 5.60 Å². The van der Waals surface area contributed by atoms with E-state index in [1.54, 1.807) is 0 Å². The highest BCUT2D eigenvalue weighted by atomic mass is 19.4. The average molecular weight is 498 g/mol.